The highest BCUT2D eigenvalue weighted by molar-refractivity contribution is 7.26. The van der Waals surface area contributed by atoms with E-state index in [0.29, 0.717) is 11.8 Å². The Labute approximate surface area is 391 Å². The van der Waals surface area contributed by atoms with Crippen molar-refractivity contribution in [3.8, 4) is 28.3 Å². The molecular formula is C61H67N3S+2. The molecule has 10 rings (SSSR count). The van der Waals surface area contributed by atoms with Gasteiger partial charge in [0.1, 0.15) is 17.8 Å². The highest BCUT2D eigenvalue weighted by Gasteiger charge is 2.58. The first-order valence-electron chi connectivity index (χ1n) is 24.8. The van der Waals surface area contributed by atoms with Crippen LogP contribution in [0.1, 0.15) is 134 Å². The molecule has 3 unspecified atom stereocenters. The molecule has 3 aromatic heterocycles. The van der Waals surface area contributed by atoms with Crippen LogP contribution in [0.3, 0.4) is 0 Å². The number of aryl methyl sites for hydroxylation is 2. The molecule has 1 aliphatic heterocycles. The number of hydrogen-bond acceptors (Lipinski definition) is 1. The summed E-state index contributed by atoms with van der Waals surface area (Å²) in [6, 6.07) is 51.1. The summed E-state index contributed by atoms with van der Waals surface area (Å²) in [6.07, 6.45) is 11.6. The van der Waals surface area contributed by atoms with Crippen LogP contribution in [0.4, 0.5) is 0 Å². The second-order valence-corrected chi connectivity index (χ2v) is 20.8. The molecule has 65 heavy (non-hydrogen) atoms. The third-order valence-electron chi connectivity index (χ3n) is 15.9. The van der Waals surface area contributed by atoms with Crippen LogP contribution in [0, 0.1) is 6.92 Å². The third kappa shape index (κ3) is 6.88. The van der Waals surface area contributed by atoms with E-state index in [1.54, 1.807) is 0 Å². The number of nitrogens with zero attached hydrogens (tertiary/aromatic N) is 3. The van der Waals surface area contributed by atoms with Crippen LogP contribution in [-0.2, 0) is 17.5 Å². The maximum absolute atomic E-state index is 2.83. The number of pyridine rings is 1. The van der Waals surface area contributed by atoms with Gasteiger partial charge in [0.15, 0.2) is 17.2 Å². The molecule has 9 aromatic rings. The molecule has 4 heteroatoms. The number of para-hydroxylation sites is 3. The van der Waals surface area contributed by atoms with Crippen LogP contribution in [-0.4, -0.2) is 4.57 Å². The minimum absolute atomic E-state index is 0.113. The molecule has 3 atom stereocenters. The van der Waals surface area contributed by atoms with E-state index in [1.807, 2.05) is 11.3 Å². The molecule has 0 aliphatic carbocycles. The zero-order valence-electron chi connectivity index (χ0n) is 40.0. The van der Waals surface area contributed by atoms with Gasteiger partial charge in [-0.15, -0.1) is 11.3 Å². The van der Waals surface area contributed by atoms with Gasteiger partial charge >= 0.3 is 0 Å². The lowest BCUT2D eigenvalue weighted by molar-refractivity contribution is -0.744. The predicted octanol–water partition coefficient (Wildman–Crippen LogP) is 16.4. The Balaban J connectivity index is 1.13. The van der Waals surface area contributed by atoms with Gasteiger partial charge in [0.05, 0.1) is 11.1 Å². The van der Waals surface area contributed by atoms with Crippen molar-refractivity contribution in [3.05, 3.63) is 162 Å². The fourth-order valence-electron chi connectivity index (χ4n) is 12.3. The topological polar surface area (TPSA) is 12.7 Å². The fraction of sp³-hybridized carbons (Fsp3) is 0.344. The average molecular weight is 874 g/mol. The molecule has 0 bridgehead atoms. The molecule has 0 N–H and O–H groups in total. The van der Waals surface area contributed by atoms with Gasteiger partial charge in [-0.1, -0.05) is 158 Å². The smallest absolute Gasteiger partial charge is 0.216 e. The summed E-state index contributed by atoms with van der Waals surface area (Å²) in [5.74, 6) is 2.17. The Hall–Kier alpha value is -5.58. The highest BCUT2D eigenvalue weighted by Crippen LogP contribution is 2.54. The van der Waals surface area contributed by atoms with Crippen molar-refractivity contribution in [1.82, 2.24) is 4.57 Å². The standard InChI is InChI=1S/C61H67N3S/c1-9-12-13-24-42(6)47-30-22-29-46(41(4)5)57(47)63-52-32-19-20-33-53(52)64-59(63)50-28-16-18-31-51(50)61(11-3,60(64,8)10-2)37-23-38-62-40-45-26-15-14-25-44(45)39-54(62)56-43(7)35-36-49-48-27-17-21-34-55(48)65-58(49)56/h14-22,25-36,39-42H,9-13,23-24,37-38H2,1-8H3/q+2. The number of aromatic nitrogens is 3. The van der Waals surface area contributed by atoms with Gasteiger partial charge in [-0.2, -0.15) is 9.13 Å². The molecule has 0 radical (unpaired) electrons. The summed E-state index contributed by atoms with van der Waals surface area (Å²) in [4.78, 5) is 0. The Morgan fingerprint density at radius 3 is 2.23 bits per heavy atom. The zero-order chi connectivity index (χ0) is 45.0. The molecule has 0 fully saturated rings. The number of thiophene rings is 1. The molecule has 330 valence electrons. The van der Waals surface area contributed by atoms with Crippen LogP contribution < -0.4 is 9.13 Å². The second kappa shape index (κ2) is 17.3. The van der Waals surface area contributed by atoms with Crippen molar-refractivity contribution in [1.29, 1.82) is 0 Å². The average Bonchev–Trinajstić information content (AvgIpc) is 3.89. The number of rotatable bonds is 14. The van der Waals surface area contributed by atoms with E-state index >= 15 is 0 Å². The van der Waals surface area contributed by atoms with Crippen LogP contribution in [0.15, 0.2) is 140 Å². The molecule has 3 nitrogen and oxygen atoms in total. The molecule has 6 aromatic carbocycles. The molecule has 0 saturated heterocycles. The van der Waals surface area contributed by atoms with Crippen molar-refractivity contribution >= 4 is 53.3 Å². The first-order chi connectivity index (χ1) is 31.7. The van der Waals surface area contributed by atoms with E-state index in [-0.39, 0.29) is 11.0 Å². The van der Waals surface area contributed by atoms with E-state index in [9.17, 15) is 0 Å². The van der Waals surface area contributed by atoms with Crippen molar-refractivity contribution in [3.63, 3.8) is 0 Å². The van der Waals surface area contributed by atoms with Gasteiger partial charge in [-0.3, -0.25) is 0 Å². The van der Waals surface area contributed by atoms with Crippen LogP contribution in [0.25, 0.3) is 70.3 Å². The van der Waals surface area contributed by atoms with E-state index in [1.165, 1.54) is 118 Å². The maximum atomic E-state index is 2.83. The monoisotopic (exact) mass is 874 g/mol. The number of unbranched alkanes of at least 4 members (excludes halogenated alkanes) is 2. The first-order valence-corrected chi connectivity index (χ1v) is 25.6. The van der Waals surface area contributed by atoms with Gasteiger partial charge in [0, 0.05) is 54.6 Å². The summed E-state index contributed by atoms with van der Waals surface area (Å²) in [6.45, 7) is 20.3. The lowest BCUT2D eigenvalue weighted by atomic mass is 9.58. The number of imidazole rings is 1. The Bertz CT molecular complexity index is 3220. The zero-order valence-corrected chi connectivity index (χ0v) is 40.9. The number of hydrogen-bond donors (Lipinski definition) is 0. The molecule has 0 saturated carbocycles. The minimum atomic E-state index is -0.202. The SMILES string of the molecule is CCCCCC(C)c1cccc(C(C)C)c1-n1c2[n+](c3ccccc31)C(C)(CC)C(CC)(CCC[n+]1cc3ccccc3cc1-c1c(C)ccc3c1sc1ccccc13)c1ccccc1-2. The number of benzene rings is 6. The quantitative estimate of drug-likeness (QED) is 0.0763. The van der Waals surface area contributed by atoms with Crippen molar-refractivity contribution in [2.24, 2.45) is 0 Å². The van der Waals surface area contributed by atoms with Gasteiger partial charge < -0.3 is 0 Å². The summed E-state index contributed by atoms with van der Waals surface area (Å²) < 4.78 is 10.9. The highest BCUT2D eigenvalue weighted by atomic mass is 32.1. The van der Waals surface area contributed by atoms with Gasteiger partial charge in [-0.25, -0.2) is 4.57 Å². The van der Waals surface area contributed by atoms with E-state index in [2.05, 4.69) is 209 Å². The predicted molar refractivity (Wildman–Crippen MR) is 278 cm³/mol. The van der Waals surface area contributed by atoms with Crippen molar-refractivity contribution in [2.75, 3.05) is 0 Å². The molecule has 1 aliphatic rings. The number of fused-ring (bicyclic) bond motifs is 9. The van der Waals surface area contributed by atoms with E-state index < -0.39 is 0 Å². The normalized spacial score (nSPS) is 17.7. The lowest BCUT2D eigenvalue weighted by Crippen LogP contribution is -2.68. The van der Waals surface area contributed by atoms with Gasteiger partial charge in [-0.05, 0) is 98.2 Å². The van der Waals surface area contributed by atoms with Crippen LogP contribution in [0.2, 0.25) is 0 Å². The summed E-state index contributed by atoms with van der Waals surface area (Å²) in [5.41, 5.74) is 13.5. The minimum Gasteiger partial charge on any atom is -0.216 e. The largest absolute Gasteiger partial charge is 0.295 e. The van der Waals surface area contributed by atoms with E-state index in [0.717, 1.165) is 32.2 Å². The van der Waals surface area contributed by atoms with Gasteiger partial charge in [0.2, 0.25) is 5.69 Å². The fourth-order valence-corrected chi connectivity index (χ4v) is 13.6. The van der Waals surface area contributed by atoms with Crippen LogP contribution >= 0.6 is 11.3 Å². The Kier molecular flexibility index (Phi) is 11.6. The summed E-state index contributed by atoms with van der Waals surface area (Å²) >= 11 is 1.94. The lowest BCUT2D eigenvalue weighted by Gasteiger charge is -2.50. The third-order valence-corrected chi connectivity index (χ3v) is 17.1. The Morgan fingerprint density at radius 1 is 0.692 bits per heavy atom. The molecular weight excluding hydrogens is 807 g/mol. The summed E-state index contributed by atoms with van der Waals surface area (Å²) in [5, 5.41) is 5.29. The molecule has 4 heterocycles. The molecule has 0 spiro atoms. The van der Waals surface area contributed by atoms with E-state index in [4.69, 9.17) is 0 Å². The second-order valence-electron chi connectivity index (χ2n) is 19.7. The van der Waals surface area contributed by atoms with Crippen molar-refractivity contribution in [2.45, 2.75) is 136 Å². The Morgan fingerprint density at radius 2 is 1.43 bits per heavy atom. The first kappa shape index (κ1) is 43.3. The maximum Gasteiger partial charge on any atom is 0.295 e. The van der Waals surface area contributed by atoms with Crippen LogP contribution in [0.5, 0.6) is 0 Å². The van der Waals surface area contributed by atoms with Gasteiger partial charge in [0.25, 0.3) is 5.82 Å². The van der Waals surface area contributed by atoms with Crippen molar-refractivity contribution < 1.29 is 9.13 Å². The molecule has 0 amide bonds. The summed E-state index contributed by atoms with van der Waals surface area (Å²) in [7, 11) is 0.